The lowest BCUT2D eigenvalue weighted by molar-refractivity contribution is 0.103. The monoisotopic (exact) mass is 385 g/mol. The van der Waals surface area contributed by atoms with Crippen LogP contribution in [-0.4, -0.2) is 5.91 Å². The summed E-state index contributed by atoms with van der Waals surface area (Å²) in [7, 11) is 0. The van der Waals surface area contributed by atoms with E-state index in [1.54, 1.807) is 12.1 Å². The summed E-state index contributed by atoms with van der Waals surface area (Å²) < 4.78 is 5.71. The van der Waals surface area contributed by atoms with Gasteiger partial charge in [-0.15, -0.1) is 11.3 Å². The highest BCUT2D eigenvalue weighted by Gasteiger charge is 2.10. The molecule has 1 amide bonds. The van der Waals surface area contributed by atoms with Gasteiger partial charge in [-0.05, 0) is 59.3 Å². The van der Waals surface area contributed by atoms with E-state index >= 15 is 0 Å². The number of amides is 1. The van der Waals surface area contributed by atoms with Gasteiger partial charge in [0.25, 0.3) is 5.91 Å². The number of rotatable bonds is 6. The Bertz CT molecular complexity index is 870. The van der Waals surface area contributed by atoms with Gasteiger partial charge in [-0.1, -0.05) is 37.6 Å². The van der Waals surface area contributed by atoms with E-state index in [0.29, 0.717) is 22.4 Å². The van der Waals surface area contributed by atoms with Crippen molar-refractivity contribution >= 4 is 34.5 Å². The second-order valence-electron chi connectivity index (χ2n) is 6.29. The fraction of sp³-hybridized carbons (Fsp3) is 0.190. The van der Waals surface area contributed by atoms with Crippen LogP contribution in [0.2, 0.25) is 5.02 Å². The first kappa shape index (κ1) is 18.5. The number of anilines is 1. The van der Waals surface area contributed by atoms with Crippen molar-refractivity contribution in [3.8, 4) is 5.75 Å². The first-order chi connectivity index (χ1) is 12.5. The Labute approximate surface area is 162 Å². The summed E-state index contributed by atoms with van der Waals surface area (Å²) in [5, 5.41) is 5.55. The summed E-state index contributed by atoms with van der Waals surface area (Å²) in [6.07, 6.45) is 0. The molecule has 3 rings (SSSR count). The molecule has 0 aliphatic carbocycles. The van der Waals surface area contributed by atoms with Crippen LogP contribution >= 0.6 is 22.9 Å². The minimum absolute atomic E-state index is 0.106. The number of carbonyl (C=O) groups excluding carboxylic acids is 1. The molecule has 0 aliphatic rings. The van der Waals surface area contributed by atoms with E-state index in [1.807, 2.05) is 47.8 Å². The van der Waals surface area contributed by atoms with Crippen molar-refractivity contribution in [3.63, 3.8) is 0 Å². The molecular weight excluding hydrogens is 366 g/mol. The summed E-state index contributed by atoms with van der Waals surface area (Å²) >= 11 is 7.27. The Morgan fingerprint density at radius 1 is 1.12 bits per heavy atom. The summed E-state index contributed by atoms with van der Waals surface area (Å²) in [5.74, 6) is 1.11. The van der Waals surface area contributed by atoms with Crippen LogP contribution in [0.4, 0.5) is 5.69 Å². The van der Waals surface area contributed by atoms with Crippen LogP contribution in [-0.2, 0) is 6.61 Å². The molecule has 5 heteroatoms. The van der Waals surface area contributed by atoms with E-state index in [2.05, 4.69) is 19.2 Å². The maximum atomic E-state index is 12.4. The number of benzene rings is 2. The van der Waals surface area contributed by atoms with Gasteiger partial charge in [0.15, 0.2) is 0 Å². The number of hydrogen-bond acceptors (Lipinski definition) is 3. The molecule has 2 aromatic carbocycles. The molecule has 1 aromatic heterocycles. The molecule has 0 bridgehead atoms. The van der Waals surface area contributed by atoms with Gasteiger partial charge in [0.1, 0.15) is 12.4 Å². The van der Waals surface area contributed by atoms with Crippen molar-refractivity contribution in [1.82, 2.24) is 0 Å². The van der Waals surface area contributed by atoms with E-state index < -0.39 is 0 Å². The fourth-order valence-corrected chi connectivity index (χ4v) is 3.33. The van der Waals surface area contributed by atoms with Crippen LogP contribution in [0.15, 0.2) is 60.0 Å². The Kier molecular flexibility index (Phi) is 5.96. The predicted molar refractivity (Wildman–Crippen MR) is 109 cm³/mol. The summed E-state index contributed by atoms with van der Waals surface area (Å²) in [5.41, 5.74) is 3.01. The third-order valence-corrected chi connectivity index (χ3v) is 5.16. The van der Waals surface area contributed by atoms with Crippen LogP contribution in [0.25, 0.3) is 0 Å². The Hall–Kier alpha value is -2.30. The molecule has 3 nitrogen and oxygen atoms in total. The lowest BCUT2D eigenvalue weighted by Gasteiger charge is -2.07. The molecular formula is C21H20ClNO2S. The maximum Gasteiger partial charge on any atom is 0.265 e. The number of halogens is 1. The quantitative estimate of drug-likeness (QED) is 0.536. The first-order valence-corrected chi connectivity index (χ1v) is 9.64. The zero-order valence-corrected chi connectivity index (χ0v) is 16.2. The smallest absolute Gasteiger partial charge is 0.265 e. The van der Waals surface area contributed by atoms with Crippen molar-refractivity contribution in [1.29, 1.82) is 0 Å². The van der Waals surface area contributed by atoms with Crippen molar-refractivity contribution in [2.45, 2.75) is 26.4 Å². The Morgan fingerprint density at radius 2 is 1.81 bits per heavy atom. The Morgan fingerprint density at radius 3 is 2.46 bits per heavy atom. The van der Waals surface area contributed by atoms with Crippen molar-refractivity contribution in [3.05, 3.63) is 81.0 Å². The molecule has 0 atom stereocenters. The number of hydrogen-bond donors (Lipinski definition) is 1. The topological polar surface area (TPSA) is 38.3 Å². The van der Waals surface area contributed by atoms with Crippen LogP contribution in [0.1, 0.15) is 40.6 Å². The van der Waals surface area contributed by atoms with Gasteiger partial charge in [-0.2, -0.15) is 0 Å². The molecule has 0 aliphatic heterocycles. The van der Waals surface area contributed by atoms with E-state index in [9.17, 15) is 4.79 Å². The minimum Gasteiger partial charge on any atom is -0.489 e. The van der Waals surface area contributed by atoms with Gasteiger partial charge in [-0.25, -0.2) is 0 Å². The highest BCUT2D eigenvalue weighted by atomic mass is 35.5. The van der Waals surface area contributed by atoms with Gasteiger partial charge in [-0.3, -0.25) is 4.79 Å². The second kappa shape index (κ2) is 8.39. The van der Waals surface area contributed by atoms with E-state index in [-0.39, 0.29) is 5.91 Å². The largest absolute Gasteiger partial charge is 0.489 e. The average Bonchev–Trinajstić information content (AvgIpc) is 3.11. The van der Waals surface area contributed by atoms with Crippen LogP contribution in [0, 0.1) is 0 Å². The van der Waals surface area contributed by atoms with Gasteiger partial charge in [0.2, 0.25) is 0 Å². The normalized spacial score (nSPS) is 10.8. The Balaban J connectivity index is 1.58. The molecule has 26 heavy (non-hydrogen) atoms. The standard InChI is InChI=1S/C21H20ClNO2S/c1-14(2)16-3-7-18(8-4-16)23-21(24)20-11-15(13-26-20)12-25-19-9-5-17(22)6-10-19/h3-11,13-14H,12H2,1-2H3,(H,23,24). The lowest BCUT2D eigenvalue weighted by Crippen LogP contribution is -2.10. The maximum absolute atomic E-state index is 12.4. The van der Waals surface area contributed by atoms with Crippen molar-refractivity contribution < 1.29 is 9.53 Å². The average molecular weight is 386 g/mol. The van der Waals surface area contributed by atoms with E-state index in [4.69, 9.17) is 16.3 Å². The summed E-state index contributed by atoms with van der Waals surface area (Å²) in [6, 6.07) is 17.0. The SMILES string of the molecule is CC(C)c1ccc(NC(=O)c2cc(COc3ccc(Cl)cc3)cs2)cc1. The third kappa shape index (κ3) is 4.87. The first-order valence-electron chi connectivity index (χ1n) is 8.38. The molecule has 0 radical (unpaired) electrons. The van der Waals surface area contributed by atoms with Gasteiger partial charge < -0.3 is 10.1 Å². The number of ether oxygens (including phenoxy) is 1. The van der Waals surface area contributed by atoms with E-state index in [1.165, 1.54) is 16.9 Å². The van der Waals surface area contributed by atoms with Crippen LogP contribution in [0.3, 0.4) is 0 Å². The summed E-state index contributed by atoms with van der Waals surface area (Å²) in [4.78, 5) is 13.1. The molecule has 3 aromatic rings. The van der Waals surface area contributed by atoms with Crippen LogP contribution < -0.4 is 10.1 Å². The zero-order valence-electron chi connectivity index (χ0n) is 14.7. The number of nitrogens with one attached hydrogen (secondary N) is 1. The fourth-order valence-electron chi connectivity index (χ4n) is 2.41. The van der Waals surface area contributed by atoms with Crippen molar-refractivity contribution in [2.75, 3.05) is 5.32 Å². The predicted octanol–water partition coefficient (Wildman–Crippen LogP) is 6.36. The third-order valence-electron chi connectivity index (χ3n) is 3.93. The number of thiophene rings is 1. The molecule has 0 saturated carbocycles. The molecule has 0 spiro atoms. The molecule has 134 valence electrons. The lowest BCUT2D eigenvalue weighted by atomic mass is 10.0. The number of carbonyl (C=O) groups is 1. The molecule has 0 unspecified atom stereocenters. The van der Waals surface area contributed by atoms with Gasteiger partial charge in [0, 0.05) is 16.3 Å². The van der Waals surface area contributed by atoms with Crippen LogP contribution in [0.5, 0.6) is 5.75 Å². The highest BCUT2D eigenvalue weighted by molar-refractivity contribution is 7.12. The molecule has 1 heterocycles. The zero-order chi connectivity index (χ0) is 18.5. The second-order valence-corrected chi connectivity index (χ2v) is 7.64. The molecule has 0 saturated heterocycles. The molecule has 0 fully saturated rings. The minimum atomic E-state index is -0.106. The highest BCUT2D eigenvalue weighted by Crippen LogP contribution is 2.22. The van der Waals surface area contributed by atoms with Gasteiger partial charge in [0.05, 0.1) is 4.88 Å². The molecule has 1 N–H and O–H groups in total. The van der Waals surface area contributed by atoms with Crippen molar-refractivity contribution in [2.24, 2.45) is 0 Å². The van der Waals surface area contributed by atoms with Gasteiger partial charge >= 0.3 is 0 Å². The van der Waals surface area contributed by atoms with E-state index in [0.717, 1.165) is 17.0 Å². The summed E-state index contributed by atoms with van der Waals surface area (Å²) in [6.45, 7) is 4.70.